The standard InChI is InChI=1S/C27H25N3O3/c1-18-15-26(23-16-21(32-4)13-14-25(23)29-18)33-27(31)22-7-5-6-8-24(22)28-17-19-9-11-20(12-10-19)30(2)3/h5-17H,1-4H3. The van der Waals surface area contributed by atoms with Crippen LogP contribution in [0.2, 0.25) is 0 Å². The van der Waals surface area contributed by atoms with Gasteiger partial charge in [0.2, 0.25) is 0 Å². The normalized spacial score (nSPS) is 11.0. The van der Waals surface area contributed by atoms with Gasteiger partial charge in [0.05, 0.1) is 23.9 Å². The van der Waals surface area contributed by atoms with E-state index in [9.17, 15) is 4.79 Å². The fourth-order valence-electron chi connectivity index (χ4n) is 3.43. The smallest absolute Gasteiger partial charge is 0.345 e. The highest BCUT2D eigenvalue weighted by molar-refractivity contribution is 5.99. The van der Waals surface area contributed by atoms with E-state index in [-0.39, 0.29) is 0 Å². The van der Waals surface area contributed by atoms with Gasteiger partial charge in [-0.3, -0.25) is 9.98 Å². The number of methoxy groups -OCH3 is 1. The highest BCUT2D eigenvalue weighted by Gasteiger charge is 2.16. The number of carbonyl (C=O) groups is 1. The molecule has 0 unspecified atom stereocenters. The molecule has 6 nitrogen and oxygen atoms in total. The summed E-state index contributed by atoms with van der Waals surface area (Å²) in [5.74, 6) is 0.607. The number of fused-ring (bicyclic) bond motifs is 1. The lowest BCUT2D eigenvalue weighted by molar-refractivity contribution is 0.0738. The Bertz CT molecular complexity index is 1330. The topological polar surface area (TPSA) is 64.0 Å². The van der Waals surface area contributed by atoms with Gasteiger partial charge in [0.1, 0.15) is 11.5 Å². The summed E-state index contributed by atoms with van der Waals surface area (Å²) >= 11 is 0. The molecule has 0 N–H and O–H groups in total. The summed E-state index contributed by atoms with van der Waals surface area (Å²) in [6.07, 6.45) is 1.74. The zero-order valence-electron chi connectivity index (χ0n) is 19.1. The summed E-state index contributed by atoms with van der Waals surface area (Å²) in [6, 6.07) is 22.4. The van der Waals surface area contributed by atoms with Crippen LogP contribution >= 0.6 is 0 Å². The molecule has 0 saturated heterocycles. The summed E-state index contributed by atoms with van der Waals surface area (Å²) in [5, 5.41) is 0.704. The number of hydrogen-bond donors (Lipinski definition) is 0. The lowest BCUT2D eigenvalue weighted by atomic mass is 10.1. The van der Waals surface area contributed by atoms with E-state index in [1.165, 1.54) is 0 Å². The Hall–Kier alpha value is -4.19. The van der Waals surface area contributed by atoms with E-state index in [0.29, 0.717) is 28.1 Å². The van der Waals surface area contributed by atoms with Gasteiger partial charge in [0.15, 0.2) is 0 Å². The Morgan fingerprint density at radius 2 is 1.76 bits per heavy atom. The van der Waals surface area contributed by atoms with Gasteiger partial charge in [-0.1, -0.05) is 24.3 Å². The molecule has 0 spiro atoms. The SMILES string of the molecule is COc1ccc2nc(C)cc(OC(=O)c3ccccc3N=Cc3ccc(N(C)C)cc3)c2c1. The minimum atomic E-state index is -0.486. The van der Waals surface area contributed by atoms with E-state index in [1.807, 2.05) is 74.4 Å². The molecule has 0 aliphatic rings. The first kappa shape index (κ1) is 22.0. The average Bonchev–Trinajstić information content (AvgIpc) is 2.82. The third-order valence-corrected chi connectivity index (χ3v) is 5.19. The van der Waals surface area contributed by atoms with Crippen LogP contribution < -0.4 is 14.4 Å². The van der Waals surface area contributed by atoms with Gasteiger partial charge in [-0.2, -0.15) is 0 Å². The molecule has 166 valence electrons. The molecule has 0 aliphatic carbocycles. The Morgan fingerprint density at radius 3 is 2.48 bits per heavy atom. The molecule has 0 atom stereocenters. The van der Waals surface area contributed by atoms with Gasteiger partial charge in [0, 0.05) is 43.1 Å². The van der Waals surface area contributed by atoms with E-state index in [0.717, 1.165) is 22.5 Å². The lowest BCUT2D eigenvalue weighted by Crippen LogP contribution is -2.09. The predicted molar refractivity (Wildman–Crippen MR) is 132 cm³/mol. The number of aromatic nitrogens is 1. The second-order valence-corrected chi connectivity index (χ2v) is 7.80. The number of anilines is 1. The summed E-state index contributed by atoms with van der Waals surface area (Å²) < 4.78 is 11.1. The summed E-state index contributed by atoms with van der Waals surface area (Å²) in [7, 11) is 5.58. The Balaban J connectivity index is 1.63. The van der Waals surface area contributed by atoms with Crippen LogP contribution in [-0.2, 0) is 0 Å². The molecule has 1 heterocycles. The third kappa shape index (κ3) is 5.01. The highest BCUT2D eigenvalue weighted by atomic mass is 16.5. The van der Waals surface area contributed by atoms with E-state index < -0.39 is 5.97 Å². The van der Waals surface area contributed by atoms with Crippen LogP contribution in [0.5, 0.6) is 11.5 Å². The van der Waals surface area contributed by atoms with Gasteiger partial charge in [-0.25, -0.2) is 4.79 Å². The number of hydrogen-bond acceptors (Lipinski definition) is 6. The van der Waals surface area contributed by atoms with Crippen LogP contribution in [0.3, 0.4) is 0 Å². The van der Waals surface area contributed by atoms with E-state index in [2.05, 4.69) is 9.98 Å². The van der Waals surface area contributed by atoms with Crippen LogP contribution in [0.4, 0.5) is 11.4 Å². The zero-order valence-corrected chi connectivity index (χ0v) is 19.1. The van der Waals surface area contributed by atoms with Crippen molar-refractivity contribution in [3.05, 3.63) is 89.6 Å². The number of benzene rings is 3. The van der Waals surface area contributed by atoms with Crippen molar-refractivity contribution in [2.24, 2.45) is 4.99 Å². The molecule has 6 heteroatoms. The van der Waals surface area contributed by atoms with Crippen LogP contribution in [0.15, 0.2) is 77.8 Å². The van der Waals surface area contributed by atoms with Gasteiger partial charge in [-0.05, 0) is 55.0 Å². The summed E-state index contributed by atoms with van der Waals surface area (Å²) in [4.78, 5) is 24.2. The van der Waals surface area contributed by atoms with Gasteiger partial charge in [-0.15, -0.1) is 0 Å². The molecule has 33 heavy (non-hydrogen) atoms. The third-order valence-electron chi connectivity index (χ3n) is 5.19. The maximum absolute atomic E-state index is 13.1. The molecule has 0 saturated carbocycles. The number of esters is 1. The fraction of sp³-hybridized carbons (Fsp3) is 0.148. The summed E-state index contributed by atoms with van der Waals surface area (Å²) in [5.41, 5.74) is 4.43. The monoisotopic (exact) mass is 439 g/mol. The molecular formula is C27H25N3O3. The van der Waals surface area contributed by atoms with Crippen molar-refractivity contribution in [3.8, 4) is 11.5 Å². The molecule has 0 aliphatic heterocycles. The number of nitrogens with zero attached hydrogens (tertiary/aromatic N) is 3. The molecule has 1 aromatic heterocycles. The molecule has 0 fully saturated rings. The second kappa shape index (κ2) is 9.53. The van der Waals surface area contributed by atoms with Crippen LogP contribution in [0.1, 0.15) is 21.6 Å². The van der Waals surface area contributed by atoms with Crippen molar-refractivity contribution in [1.82, 2.24) is 4.98 Å². The summed E-state index contributed by atoms with van der Waals surface area (Å²) in [6.45, 7) is 1.86. The number of ether oxygens (including phenoxy) is 2. The van der Waals surface area contributed by atoms with Gasteiger partial charge >= 0.3 is 5.97 Å². The number of rotatable bonds is 6. The molecule has 0 bridgehead atoms. The number of aliphatic imine (C=N–C) groups is 1. The Labute approximate surface area is 193 Å². The molecule has 4 aromatic rings. The lowest BCUT2D eigenvalue weighted by Gasteiger charge is -2.12. The largest absolute Gasteiger partial charge is 0.497 e. The first-order chi connectivity index (χ1) is 15.9. The van der Waals surface area contributed by atoms with E-state index in [1.54, 1.807) is 37.6 Å². The number of carbonyl (C=O) groups excluding carboxylic acids is 1. The first-order valence-electron chi connectivity index (χ1n) is 10.5. The fourth-order valence-corrected chi connectivity index (χ4v) is 3.43. The molecular weight excluding hydrogens is 414 g/mol. The quantitative estimate of drug-likeness (QED) is 0.290. The molecule has 0 amide bonds. The van der Waals surface area contributed by atoms with Gasteiger partial charge < -0.3 is 14.4 Å². The predicted octanol–water partition coefficient (Wildman–Crippen LogP) is 5.59. The van der Waals surface area contributed by atoms with Crippen molar-refractivity contribution < 1.29 is 14.3 Å². The second-order valence-electron chi connectivity index (χ2n) is 7.80. The van der Waals surface area contributed by atoms with Crippen LogP contribution in [-0.4, -0.2) is 38.4 Å². The minimum absolute atomic E-state index is 0.379. The maximum Gasteiger partial charge on any atom is 0.345 e. The Kier molecular flexibility index (Phi) is 6.36. The van der Waals surface area contributed by atoms with Crippen LogP contribution in [0, 0.1) is 6.92 Å². The molecule has 4 rings (SSSR count). The van der Waals surface area contributed by atoms with Crippen molar-refractivity contribution in [3.63, 3.8) is 0 Å². The van der Waals surface area contributed by atoms with Crippen molar-refractivity contribution >= 4 is 34.5 Å². The van der Waals surface area contributed by atoms with Crippen LogP contribution in [0.25, 0.3) is 10.9 Å². The number of aryl methyl sites for hydroxylation is 1. The minimum Gasteiger partial charge on any atom is -0.497 e. The molecule has 3 aromatic carbocycles. The van der Waals surface area contributed by atoms with Gasteiger partial charge in [0.25, 0.3) is 0 Å². The average molecular weight is 440 g/mol. The van der Waals surface area contributed by atoms with Crippen molar-refractivity contribution in [1.29, 1.82) is 0 Å². The van der Waals surface area contributed by atoms with Crippen molar-refractivity contribution in [2.75, 3.05) is 26.1 Å². The van der Waals surface area contributed by atoms with Crippen molar-refractivity contribution in [2.45, 2.75) is 6.92 Å². The van der Waals surface area contributed by atoms with E-state index >= 15 is 0 Å². The molecule has 0 radical (unpaired) electrons. The first-order valence-corrected chi connectivity index (χ1v) is 10.5. The Morgan fingerprint density at radius 1 is 1.00 bits per heavy atom. The van der Waals surface area contributed by atoms with E-state index in [4.69, 9.17) is 9.47 Å². The maximum atomic E-state index is 13.1. The number of para-hydroxylation sites is 1. The highest BCUT2D eigenvalue weighted by Crippen LogP contribution is 2.30. The number of pyridine rings is 1. The zero-order chi connectivity index (χ0) is 23.4.